The molecule has 1 aromatic carbocycles. The molecule has 0 aliphatic rings. The zero-order chi connectivity index (χ0) is 14.9. The lowest BCUT2D eigenvalue weighted by molar-refractivity contribution is 0.570. The molecular formula is C12H10BrFN2O3S. The molecule has 20 heavy (non-hydrogen) atoms. The number of hydrogen-bond donors (Lipinski definition) is 1. The number of rotatable bonds is 3. The number of sulfonamides is 1. The second-order valence-corrected chi connectivity index (χ2v) is 6.61. The molecular weight excluding hydrogens is 351 g/mol. The van der Waals surface area contributed by atoms with Crippen molar-refractivity contribution in [3.05, 3.63) is 57.2 Å². The van der Waals surface area contributed by atoms with E-state index in [2.05, 4.69) is 20.7 Å². The van der Waals surface area contributed by atoms with Crippen molar-refractivity contribution in [1.82, 2.24) is 4.57 Å². The van der Waals surface area contributed by atoms with E-state index in [0.717, 1.165) is 12.1 Å². The maximum Gasteiger partial charge on any atom is 0.264 e. The normalized spacial score (nSPS) is 11.3. The number of halogens is 2. The first-order valence-electron chi connectivity index (χ1n) is 5.44. The van der Waals surface area contributed by atoms with Crippen LogP contribution in [0.4, 0.5) is 10.1 Å². The monoisotopic (exact) mass is 360 g/mol. The van der Waals surface area contributed by atoms with E-state index in [1.807, 2.05) is 0 Å². The van der Waals surface area contributed by atoms with E-state index in [0.29, 0.717) is 4.47 Å². The maximum atomic E-state index is 13.7. The van der Waals surface area contributed by atoms with E-state index < -0.39 is 20.7 Å². The van der Waals surface area contributed by atoms with Crippen LogP contribution in [0, 0.1) is 5.82 Å². The highest BCUT2D eigenvalue weighted by Crippen LogP contribution is 2.21. The number of aromatic nitrogens is 1. The molecule has 0 unspecified atom stereocenters. The van der Waals surface area contributed by atoms with Gasteiger partial charge in [-0.3, -0.25) is 9.52 Å². The minimum Gasteiger partial charge on any atom is -0.316 e. The van der Waals surface area contributed by atoms with Gasteiger partial charge in [-0.05, 0) is 24.3 Å². The van der Waals surface area contributed by atoms with Crippen molar-refractivity contribution in [3.8, 4) is 0 Å². The molecule has 2 rings (SSSR count). The quantitative estimate of drug-likeness (QED) is 0.910. The van der Waals surface area contributed by atoms with Crippen molar-refractivity contribution in [2.75, 3.05) is 4.72 Å². The Bertz CT molecular complexity index is 818. The van der Waals surface area contributed by atoms with E-state index in [-0.39, 0.29) is 11.2 Å². The van der Waals surface area contributed by atoms with E-state index in [4.69, 9.17) is 0 Å². The summed E-state index contributed by atoms with van der Waals surface area (Å²) in [6, 6.07) is 6.18. The number of anilines is 1. The Morgan fingerprint density at radius 3 is 2.55 bits per heavy atom. The van der Waals surface area contributed by atoms with Crippen molar-refractivity contribution in [2.45, 2.75) is 4.90 Å². The standard InChI is InChI=1S/C12H10BrFN2O3S/c1-16-7-9(3-5-12(16)17)15-20(18,19)11-4-2-8(13)6-10(11)14/h2-7,15H,1H3. The number of pyridine rings is 1. The third-order valence-electron chi connectivity index (χ3n) is 2.52. The first-order valence-corrected chi connectivity index (χ1v) is 7.72. The van der Waals surface area contributed by atoms with E-state index in [1.54, 1.807) is 0 Å². The Balaban J connectivity index is 2.40. The van der Waals surface area contributed by atoms with Gasteiger partial charge in [0.25, 0.3) is 10.0 Å². The van der Waals surface area contributed by atoms with Gasteiger partial charge in [0.1, 0.15) is 10.7 Å². The minimum atomic E-state index is -4.05. The van der Waals surface area contributed by atoms with Gasteiger partial charge in [0.05, 0.1) is 5.69 Å². The van der Waals surface area contributed by atoms with Crippen molar-refractivity contribution in [1.29, 1.82) is 0 Å². The smallest absolute Gasteiger partial charge is 0.264 e. The van der Waals surface area contributed by atoms with Gasteiger partial charge in [-0.15, -0.1) is 0 Å². The molecule has 1 N–H and O–H groups in total. The van der Waals surface area contributed by atoms with Crippen LogP contribution in [0.5, 0.6) is 0 Å². The fourth-order valence-electron chi connectivity index (χ4n) is 1.56. The van der Waals surface area contributed by atoms with Crippen LogP contribution < -0.4 is 10.3 Å². The van der Waals surface area contributed by atoms with E-state index in [1.165, 1.54) is 36.0 Å². The van der Waals surface area contributed by atoms with Crippen LogP contribution in [0.15, 0.2) is 50.7 Å². The first kappa shape index (κ1) is 14.7. The molecule has 0 bridgehead atoms. The Morgan fingerprint density at radius 1 is 1.25 bits per heavy atom. The van der Waals surface area contributed by atoms with Crippen molar-refractivity contribution in [3.63, 3.8) is 0 Å². The predicted octanol–water partition coefficient (Wildman–Crippen LogP) is 2.09. The summed E-state index contributed by atoms with van der Waals surface area (Å²) >= 11 is 3.05. The lowest BCUT2D eigenvalue weighted by atomic mass is 10.3. The van der Waals surface area contributed by atoms with Gasteiger partial charge in [0, 0.05) is 23.8 Å². The highest BCUT2D eigenvalue weighted by atomic mass is 79.9. The zero-order valence-electron chi connectivity index (χ0n) is 10.3. The Morgan fingerprint density at radius 2 is 1.95 bits per heavy atom. The minimum absolute atomic E-state index is 0.175. The molecule has 5 nitrogen and oxygen atoms in total. The summed E-state index contributed by atoms with van der Waals surface area (Å²) in [7, 11) is -2.57. The van der Waals surface area contributed by atoms with Crippen LogP contribution in [0.25, 0.3) is 0 Å². The van der Waals surface area contributed by atoms with Gasteiger partial charge in [0.2, 0.25) is 5.56 Å². The molecule has 0 aliphatic carbocycles. The van der Waals surface area contributed by atoms with Gasteiger partial charge in [-0.25, -0.2) is 12.8 Å². The second-order valence-electron chi connectivity index (χ2n) is 4.05. The molecule has 0 radical (unpaired) electrons. The van der Waals surface area contributed by atoms with Gasteiger partial charge >= 0.3 is 0 Å². The van der Waals surface area contributed by atoms with E-state index in [9.17, 15) is 17.6 Å². The fourth-order valence-corrected chi connectivity index (χ4v) is 2.99. The molecule has 106 valence electrons. The Labute approximate surface area is 123 Å². The third-order valence-corrected chi connectivity index (χ3v) is 4.43. The molecule has 0 fully saturated rings. The van der Waals surface area contributed by atoms with Crippen molar-refractivity contribution >= 4 is 31.6 Å². The summed E-state index contributed by atoms with van der Waals surface area (Å²) in [5.41, 5.74) is -0.0998. The topological polar surface area (TPSA) is 68.2 Å². The number of aryl methyl sites for hydroxylation is 1. The molecule has 8 heteroatoms. The fraction of sp³-hybridized carbons (Fsp3) is 0.0833. The van der Waals surface area contributed by atoms with Crippen LogP contribution in [0.2, 0.25) is 0 Å². The summed E-state index contributed by atoms with van der Waals surface area (Å²) in [6.45, 7) is 0. The van der Waals surface area contributed by atoms with Crippen LogP contribution in [-0.4, -0.2) is 13.0 Å². The molecule has 0 amide bonds. The highest BCUT2D eigenvalue weighted by molar-refractivity contribution is 9.10. The van der Waals surface area contributed by atoms with Gasteiger partial charge in [0.15, 0.2) is 0 Å². The number of benzene rings is 1. The SMILES string of the molecule is Cn1cc(NS(=O)(=O)c2ccc(Br)cc2F)ccc1=O. The van der Waals surface area contributed by atoms with Crippen LogP contribution in [-0.2, 0) is 17.1 Å². The largest absolute Gasteiger partial charge is 0.316 e. The van der Waals surface area contributed by atoms with Crippen LogP contribution >= 0.6 is 15.9 Å². The zero-order valence-corrected chi connectivity index (χ0v) is 12.7. The molecule has 2 aromatic rings. The Hall–Kier alpha value is -1.67. The average Bonchev–Trinajstić information content (AvgIpc) is 2.33. The van der Waals surface area contributed by atoms with Gasteiger partial charge < -0.3 is 4.57 Å². The van der Waals surface area contributed by atoms with Crippen LogP contribution in [0.1, 0.15) is 0 Å². The molecule has 1 aromatic heterocycles. The maximum absolute atomic E-state index is 13.7. The van der Waals surface area contributed by atoms with Crippen molar-refractivity contribution < 1.29 is 12.8 Å². The molecule has 0 atom stereocenters. The lowest BCUT2D eigenvalue weighted by Crippen LogP contribution is -2.19. The van der Waals surface area contributed by atoms with E-state index >= 15 is 0 Å². The molecule has 1 heterocycles. The predicted molar refractivity (Wildman–Crippen MR) is 76.6 cm³/mol. The summed E-state index contributed by atoms with van der Waals surface area (Å²) in [5, 5.41) is 0. The summed E-state index contributed by atoms with van der Waals surface area (Å²) in [6.07, 6.45) is 1.32. The molecule has 0 spiro atoms. The summed E-state index contributed by atoms with van der Waals surface area (Å²) in [5.74, 6) is -0.864. The summed E-state index contributed by atoms with van der Waals surface area (Å²) < 4.78 is 41.7. The second kappa shape index (κ2) is 5.37. The average molecular weight is 361 g/mol. The summed E-state index contributed by atoms with van der Waals surface area (Å²) in [4.78, 5) is 10.8. The molecule has 0 aliphatic heterocycles. The van der Waals surface area contributed by atoms with Crippen molar-refractivity contribution in [2.24, 2.45) is 7.05 Å². The number of nitrogens with zero attached hydrogens (tertiary/aromatic N) is 1. The number of nitrogens with one attached hydrogen (secondary N) is 1. The van der Waals surface area contributed by atoms with Crippen LogP contribution in [0.3, 0.4) is 0 Å². The number of hydrogen-bond acceptors (Lipinski definition) is 3. The first-order chi connectivity index (χ1) is 9.29. The van der Waals surface area contributed by atoms with Gasteiger partial charge in [-0.1, -0.05) is 15.9 Å². The van der Waals surface area contributed by atoms with Gasteiger partial charge in [-0.2, -0.15) is 0 Å². The third kappa shape index (κ3) is 3.07. The lowest BCUT2D eigenvalue weighted by Gasteiger charge is -2.09. The Kier molecular flexibility index (Phi) is 3.96. The molecule has 0 saturated carbocycles. The molecule has 0 saturated heterocycles. The highest BCUT2D eigenvalue weighted by Gasteiger charge is 2.19.